The molecule has 1 aromatic rings. The van der Waals surface area contributed by atoms with Crippen LogP contribution >= 0.6 is 11.8 Å². The van der Waals surface area contributed by atoms with E-state index in [2.05, 4.69) is 20.5 Å². The Balaban J connectivity index is 2.60. The number of carbonyl (C=O) groups is 2. The van der Waals surface area contributed by atoms with Crippen molar-refractivity contribution in [3.63, 3.8) is 0 Å². The average Bonchev–Trinajstić information content (AvgIpc) is 2.70. The van der Waals surface area contributed by atoms with Gasteiger partial charge in [-0.05, 0) is 25.4 Å². The van der Waals surface area contributed by atoms with E-state index in [0.717, 1.165) is 0 Å². The average molecular weight is 258 g/mol. The van der Waals surface area contributed by atoms with E-state index in [9.17, 15) is 9.59 Å². The minimum atomic E-state index is -1.06. The molecular weight excluding hydrogens is 244 g/mol. The number of carbonyl (C=O) groups excluding carboxylic acids is 1. The second-order valence-electron chi connectivity index (χ2n) is 3.39. The smallest absolute Gasteiger partial charge is 0.326 e. The SMILES string of the molecule is CSCCC(NC(=O)c1n[nH]c(C)n1)C(=O)O. The van der Waals surface area contributed by atoms with Crippen molar-refractivity contribution in [2.45, 2.75) is 19.4 Å². The summed E-state index contributed by atoms with van der Waals surface area (Å²) in [5.41, 5.74) is 0. The third-order valence-corrected chi connectivity index (χ3v) is 2.66. The lowest BCUT2D eigenvalue weighted by atomic mass is 10.2. The first-order valence-electron chi connectivity index (χ1n) is 4.96. The van der Waals surface area contributed by atoms with Crippen molar-refractivity contribution in [1.82, 2.24) is 20.5 Å². The molecule has 94 valence electrons. The van der Waals surface area contributed by atoms with Crippen LogP contribution in [-0.4, -0.2) is 50.2 Å². The van der Waals surface area contributed by atoms with Crippen molar-refractivity contribution < 1.29 is 14.7 Å². The number of aliphatic carboxylic acids is 1. The molecule has 1 aromatic heterocycles. The molecule has 0 aromatic carbocycles. The van der Waals surface area contributed by atoms with Gasteiger partial charge in [0.05, 0.1) is 0 Å². The quantitative estimate of drug-likeness (QED) is 0.665. The standard InChI is InChI=1S/C9H14N4O3S/c1-5-10-7(13-12-5)8(14)11-6(9(15)16)3-4-17-2/h6H,3-4H2,1-2H3,(H,11,14)(H,15,16)(H,10,12,13). The molecule has 1 unspecified atom stereocenters. The largest absolute Gasteiger partial charge is 0.480 e. The predicted molar refractivity (Wildman–Crippen MR) is 63.0 cm³/mol. The van der Waals surface area contributed by atoms with Crippen LogP contribution in [0.25, 0.3) is 0 Å². The van der Waals surface area contributed by atoms with Gasteiger partial charge in [0.1, 0.15) is 11.9 Å². The van der Waals surface area contributed by atoms with Gasteiger partial charge in [-0.1, -0.05) is 0 Å². The molecule has 8 heteroatoms. The van der Waals surface area contributed by atoms with Crippen LogP contribution in [0.3, 0.4) is 0 Å². The summed E-state index contributed by atoms with van der Waals surface area (Å²) in [4.78, 5) is 26.3. The minimum Gasteiger partial charge on any atom is -0.480 e. The van der Waals surface area contributed by atoms with Crippen LogP contribution < -0.4 is 5.32 Å². The number of carboxylic acid groups (broad SMARTS) is 1. The Bertz CT molecular complexity index is 407. The van der Waals surface area contributed by atoms with Crippen LogP contribution in [0.4, 0.5) is 0 Å². The fraction of sp³-hybridized carbons (Fsp3) is 0.556. The molecule has 0 aliphatic heterocycles. The Morgan fingerprint density at radius 2 is 2.29 bits per heavy atom. The van der Waals surface area contributed by atoms with Crippen molar-refractivity contribution >= 4 is 23.6 Å². The summed E-state index contributed by atoms with van der Waals surface area (Å²) in [5, 5.41) is 17.5. The maximum Gasteiger partial charge on any atom is 0.326 e. The van der Waals surface area contributed by atoms with Crippen molar-refractivity contribution in [1.29, 1.82) is 0 Å². The molecule has 0 spiro atoms. The molecule has 0 saturated heterocycles. The van der Waals surface area contributed by atoms with E-state index in [0.29, 0.717) is 18.0 Å². The molecule has 0 radical (unpaired) electrons. The first-order valence-corrected chi connectivity index (χ1v) is 6.35. The van der Waals surface area contributed by atoms with E-state index in [1.807, 2.05) is 6.26 Å². The lowest BCUT2D eigenvalue weighted by Gasteiger charge is -2.12. The number of nitrogens with one attached hydrogen (secondary N) is 2. The monoisotopic (exact) mass is 258 g/mol. The van der Waals surface area contributed by atoms with Crippen LogP contribution in [0.2, 0.25) is 0 Å². The molecule has 3 N–H and O–H groups in total. The van der Waals surface area contributed by atoms with E-state index in [-0.39, 0.29) is 5.82 Å². The number of amides is 1. The highest BCUT2D eigenvalue weighted by molar-refractivity contribution is 7.98. The fourth-order valence-corrected chi connectivity index (χ4v) is 1.63. The van der Waals surface area contributed by atoms with Crippen LogP contribution in [0.1, 0.15) is 22.9 Å². The van der Waals surface area contributed by atoms with Gasteiger partial charge in [-0.25, -0.2) is 9.78 Å². The van der Waals surface area contributed by atoms with Gasteiger partial charge in [0.15, 0.2) is 0 Å². The van der Waals surface area contributed by atoms with E-state index in [1.165, 1.54) is 11.8 Å². The van der Waals surface area contributed by atoms with Crippen molar-refractivity contribution in [3.05, 3.63) is 11.6 Å². The molecule has 1 atom stereocenters. The predicted octanol–water partition coefficient (Wildman–Crippen LogP) is 0.0492. The number of carboxylic acids is 1. The highest BCUT2D eigenvalue weighted by atomic mass is 32.2. The number of aromatic nitrogens is 3. The zero-order valence-corrected chi connectivity index (χ0v) is 10.4. The first-order chi connectivity index (χ1) is 8.04. The van der Waals surface area contributed by atoms with Gasteiger partial charge in [-0.15, -0.1) is 5.10 Å². The third-order valence-electron chi connectivity index (χ3n) is 2.01. The number of hydrogen-bond donors (Lipinski definition) is 3. The summed E-state index contributed by atoms with van der Waals surface area (Å²) in [6, 6.07) is -0.909. The number of nitrogens with zero attached hydrogens (tertiary/aromatic N) is 2. The Morgan fingerprint density at radius 1 is 1.59 bits per heavy atom. The van der Waals surface area contributed by atoms with Crippen molar-refractivity contribution in [3.8, 4) is 0 Å². The van der Waals surface area contributed by atoms with Crippen LogP contribution in [0.5, 0.6) is 0 Å². The molecule has 0 bridgehead atoms. The Kier molecular flexibility index (Phi) is 4.95. The Morgan fingerprint density at radius 3 is 2.76 bits per heavy atom. The molecule has 0 aliphatic rings. The molecule has 0 saturated carbocycles. The molecule has 1 heterocycles. The maximum atomic E-state index is 11.6. The highest BCUT2D eigenvalue weighted by Gasteiger charge is 2.21. The van der Waals surface area contributed by atoms with E-state index in [1.54, 1.807) is 6.92 Å². The Labute approximate surface area is 102 Å². The highest BCUT2D eigenvalue weighted by Crippen LogP contribution is 2.02. The molecule has 0 aliphatic carbocycles. The Hall–Kier alpha value is -1.57. The molecule has 0 fully saturated rings. The number of H-pyrrole nitrogens is 1. The second-order valence-corrected chi connectivity index (χ2v) is 4.38. The molecule has 1 amide bonds. The zero-order valence-electron chi connectivity index (χ0n) is 9.56. The summed E-state index contributed by atoms with van der Waals surface area (Å²) in [7, 11) is 0. The first kappa shape index (κ1) is 13.5. The summed E-state index contributed by atoms with van der Waals surface area (Å²) in [5.74, 6) is -0.517. The van der Waals surface area contributed by atoms with Crippen molar-refractivity contribution in [2.75, 3.05) is 12.0 Å². The van der Waals surface area contributed by atoms with Gasteiger partial charge < -0.3 is 10.4 Å². The van der Waals surface area contributed by atoms with Crippen LogP contribution in [0, 0.1) is 6.92 Å². The van der Waals surface area contributed by atoms with Gasteiger partial charge in [0.25, 0.3) is 5.91 Å². The van der Waals surface area contributed by atoms with E-state index in [4.69, 9.17) is 5.11 Å². The normalized spacial score (nSPS) is 12.1. The number of rotatable bonds is 6. The van der Waals surface area contributed by atoms with E-state index >= 15 is 0 Å². The number of aromatic amines is 1. The van der Waals surface area contributed by atoms with Gasteiger partial charge in [-0.2, -0.15) is 11.8 Å². The van der Waals surface area contributed by atoms with Gasteiger partial charge in [0.2, 0.25) is 5.82 Å². The molecule has 17 heavy (non-hydrogen) atoms. The zero-order chi connectivity index (χ0) is 12.8. The summed E-state index contributed by atoms with van der Waals surface area (Å²) >= 11 is 1.52. The van der Waals surface area contributed by atoms with Crippen LogP contribution in [0.15, 0.2) is 0 Å². The van der Waals surface area contributed by atoms with Gasteiger partial charge in [-0.3, -0.25) is 9.89 Å². The number of aryl methyl sites for hydroxylation is 1. The molecule has 7 nitrogen and oxygen atoms in total. The van der Waals surface area contributed by atoms with Gasteiger partial charge in [0, 0.05) is 0 Å². The van der Waals surface area contributed by atoms with E-state index < -0.39 is 17.9 Å². The van der Waals surface area contributed by atoms with Crippen LogP contribution in [-0.2, 0) is 4.79 Å². The summed E-state index contributed by atoms with van der Waals surface area (Å²) in [6.07, 6.45) is 2.24. The summed E-state index contributed by atoms with van der Waals surface area (Å²) in [6.45, 7) is 1.66. The lowest BCUT2D eigenvalue weighted by molar-refractivity contribution is -0.139. The fourth-order valence-electron chi connectivity index (χ4n) is 1.16. The second kappa shape index (κ2) is 6.24. The number of hydrogen-bond acceptors (Lipinski definition) is 5. The topological polar surface area (TPSA) is 108 Å². The summed E-state index contributed by atoms with van der Waals surface area (Å²) < 4.78 is 0. The van der Waals surface area contributed by atoms with Crippen molar-refractivity contribution in [2.24, 2.45) is 0 Å². The molecular formula is C9H14N4O3S. The third kappa shape index (κ3) is 4.06. The minimum absolute atomic E-state index is 0.0436. The lowest BCUT2D eigenvalue weighted by Crippen LogP contribution is -2.41. The number of thioether (sulfide) groups is 1. The van der Waals surface area contributed by atoms with Gasteiger partial charge >= 0.3 is 5.97 Å². The maximum absolute atomic E-state index is 11.6. The molecule has 1 rings (SSSR count).